The highest BCUT2D eigenvalue weighted by Gasteiger charge is 2.16. The maximum atomic E-state index is 11.8. The Hall–Kier alpha value is -2.53. The molecular formula is C19H20ClNO4. The highest BCUT2D eigenvalue weighted by molar-refractivity contribution is 6.31. The van der Waals surface area contributed by atoms with E-state index in [1.54, 1.807) is 57.2 Å². The summed E-state index contributed by atoms with van der Waals surface area (Å²) in [5.41, 5.74) is 1.34. The number of anilines is 1. The molecule has 25 heavy (non-hydrogen) atoms. The Bertz CT molecular complexity index is 768. The molecule has 0 heterocycles. The van der Waals surface area contributed by atoms with Gasteiger partial charge in [0.15, 0.2) is 0 Å². The van der Waals surface area contributed by atoms with Crippen LogP contribution in [0.3, 0.4) is 0 Å². The molecule has 0 aromatic heterocycles. The zero-order valence-corrected chi connectivity index (χ0v) is 15.1. The second kappa shape index (κ2) is 8.03. The normalized spacial score (nSPS) is 10.9. The molecule has 0 aliphatic rings. The van der Waals surface area contributed by atoms with E-state index in [2.05, 4.69) is 5.32 Å². The highest BCUT2D eigenvalue weighted by Crippen LogP contribution is 2.22. The number of nitrogens with one attached hydrogen (secondary N) is 1. The van der Waals surface area contributed by atoms with Gasteiger partial charge < -0.3 is 9.47 Å². The molecule has 0 aliphatic heterocycles. The second-order valence-corrected chi connectivity index (χ2v) is 6.89. The predicted octanol–water partition coefficient (Wildman–Crippen LogP) is 5.08. The summed E-state index contributed by atoms with van der Waals surface area (Å²) < 4.78 is 10.9. The fraction of sp³-hybridized carbons (Fsp3) is 0.263. The highest BCUT2D eigenvalue weighted by atomic mass is 35.5. The van der Waals surface area contributed by atoms with Crippen LogP contribution >= 0.6 is 11.6 Å². The van der Waals surface area contributed by atoms with Crippen LogP contribution in [-0.2, 0) is 11.3 Å². The van der Waals surface area contributed by atoms with Crippen molar-refractivity contribution in [3.05, 3.63) is 58.6 Å². The van der Waals surface area contributed by atoms with Crippen LogP contribution in [0.5, 0.6) is 5.75 Å². The van der Waals surface area contributed by atoms with E-state index in [4.69, 9.17) is 21.1 Å². The second-order valence-electron chi connectivity index (χ2n) is 6.45. The molecule has 5 nitrogen and oxygen atoms in total. The van der Waals surface area contributed by atoms with Gasteiger partial charge in [-0.2, -0.15) is 0 Å². The first kappa shape index (κ1) is 18.8. The molecule has 0 unspecified atom stereocenters. The number of hydrogen-bond donors (Lipinski definition) is 1. The van der Waals surface area contributed by atoms with Gasteiger partial charge in [-0.25, -0.2) is 4.79 Å². The first-order chi connectivity index (χ1) is 11.7. The summed E-state index contributed by atoms with van der Waals surface area (Å²) in [6.45, 7) is 5.67. The first-order valence-electron chi connectivity index (χ1n) is 7.73. The standard InChI is InChI=1S/C19H20ClNO4/c1-19(2,3)25-18(23)21-16-6-4-5-13(8-16)12-24-17-9-14(11-22)7-15(20)10-17/h4-11H,12H2,1-3H3,(H,21,23). The van der Waals surface area contributed by atoms with Crippen molar-refractivity contribution in [2.45, 2.75) is 33.0 Å². The number of carbonyl (C=O) groups excluding carboxylic acids is 2. The summed E-state index contributed by atoms with van der Waals surface area (Å²) >= 11 is 5.95. The van der Waals surface area contributed by atoms with Crippen molar-refractivity contribution < 1.29 is 19.1 Å². The van der Waals surface area contributed by atoms with Gasteiger partial charge >= 0.3 is 6.09 Å². The van der Waals surface area contributed by atoms with Gasteiger partial charge in [0.05, 0.1) is 0 Å². The van der Waals surface area contributed by atoms with Crippen LogP contribution in [0.1, 0.15) is 36.7 Å². The van der Waals surface area contributed by atoms with Crippen LogP contribution in [0.15, 0.2) is 42.5 Å². The van der Waals surface area contributed by atoms with Crippen LogP contribution in [0, 0.1) is 0 Å². The Morgan fingerprint density at radius 3 is 2.64 bits per heavy atom. The smallest absolute Gasteiger partial charge is 0.412 e. The van der Waals surface area contributed by atoms with Crippen molar-refractivity contribution in [2.24, 2.45) is 0 Å². The van der Waals surface area contributed by atoms with Crippen molar-refractivity contribution in [3.8, 4) is 5.75 Å². The summed E-state index contributed by atoms with van der Waals surface area (Å²) in [4.78, 5) is 22.7. The Morgan fingerprint density at radius 2 is 1.96 bits per heavy atom. The minimum absolute atomic E-state index is 0.266. The Labute approximate surface area is 151 Å². The molecule has 0 spiro atoms. The Morgan fingerprint density at radius 1 is 1.20 bits per heavy atom. The lowest BCUT2D eigenvalue weighted by Gasteiger charge is -2.19. The summed E-state index contributed by atoms with van der Waals surface area (Å²) in [5, 5.41) is 3.11. The van der Waals surface area contributed by atoms with Crippen LogP contribution in [0.4, 0.5) is 10.5 Å². The third kappa shape index (κ3) is 6.47. The quantitative estimate of drug-likeness (QED) is 0.754. The lowest BCUT2D eigenvalue weighted by atomic mass is 10.2. The van der Waals surface area contributed by atoms with E-state index < -0.39 is 11.7 Å². The van der Waals surface area contributed by atoms with E-state index in [1.807, 2.05) is 6.07 Å². The average molecular weight is 362 g/mol. The first-order valence-corrected chi connectivity index (χ1v) is 8.10. The molecule has 0 fully saturated rings. The summed E-state index contributed by atoms with van der Waals surface area (Å²) in [6.07, 6.45) is 0.195. The number of amides is 1. The van der Waals surface area contributed by atoms with Crippen LogP contribution < -0.4 is 10.1 Å². The molecule has 0 saturated carbocycles. The fourth-order valence-corrected chi connectivity index (χ4v) is 2.30. The van der Waals surface area contributed by atoms with Crippen LogP contribution in [0.25, 0.3) is 0 Å². The summed E-state index contributed by atoms with van der Waals surface area (Å²) in [7, 11) is 0. The van der Waals surface area contributed by atoms with Gasteiger partial charge in [-0.3, -0.25) is 10.1 Å². The van der Waals surface area contributed by atoms with E-state index in [0.29, 0.717) is 28.3 Å². The minimum Gasteiger partial charge on any atom is -0.489 e. The van der Waals surface area contributed by atoms with E-state index >= 15 is 0 Å². The predicted molar refractivity (Wildman–Crippen MR) is 97.5 cm³/mol. The van der Waals surface area contributed by atoms with Crippen molar-refractivity contribution in [2.75, 3.05) is 5.32 Å². The molecule has 0 bridgehead atoms. The number of hydrogen-bond acceptors (Lipinski definition) is 4. The van der Waals surface area contributed by atoms with Crippen molar-refractivity contribution in [1.29, 1.82) is 0 Å². The van der Waals surface area contributed by atoms with Crippen LogP contribution in [-0.4, -0.2) is 18.0 Å². The average Bonchev–Trinajstić information content (AvgIpc) is 2.51. The topological polar surface area (TPSA) is 64.6 Å². The molecule has 0 saturated heterocycles. The molecule has 1 amide bonds. The van der Waals surface area contributed by atoms with Crippen LogP contribution in [0.2, 0.25) is 5.02 Å². The van der Waals surface area contributed by atoms with E-state index in [-0.39, 0.29) is 6.61 Å². The Kier molecular flexibility index (Phi) is 6.04. The molecule has 2 aromatic rings. The largest absolute Gasteiger partial charge is 0.489 e. The molecule has 6 heteroatoms. The van der Waals surface area contributed by atoms with Crippen molar-refractivity contribution in [3.63, 3.8) is 0 Å². The number of rotatable bonds is 5. The van der Waals surface area contributed by atoms with E-state index in [0.717, 1.165) is 5.56 Å². The molecule has 2 rings (SSSR count). The third-order valence-electron chi connectivity index (χ3n) is 3.01. The zero-order valence-electron chi connectivity index (χ0n) is 14.3. The Balaban J connectivity index is 2.01. The van der Waals surface area contributed by atoms with Gasteiger partial charge in [-0.1, -0.05) is 23.7 Å². The summed E-state index contributed by atoms with van der Waals surface area (Å²) in [6, 6.07) is 12.0. The number of carbonyl (C=O) groups is 2. The number of aldehydes is 1. The summed E-state index contributed by atoms with van der Waals surface area (Å²) in [5.74, 6) is 0.500. The van der Waals surface area contributed by atoms with Gasteiger partial charge in [-0.15, -0.1) is 0 Å². The van der Waals surface area contributed by atoms with Crippen molar-refractivity contribution >= 4 is 29.7 Å². The molecule has 1 N–H and O–H groups in total. The molecule has 0 atom stereocenters. The van der Waals surface area contributed by atoms with Gasteiger partial charge in [0, 0.05) is 16.3 Å². The molecular weight excluding hydrogens is 342 g/mol. The lowest BCUT2D eigenvalue weighted by molar-refractivity contribution is 0.0636. The van der Waals surface area contributed by atoms with Gasteiger partial charge in [-0.05, 0) is 56.7 Å². The molecule has 2 aromatic carbocycles. The monoisotopic (exact) mass is 361 g/mol. The third-order valence-corrected chi connectivity index (χ3v) is 3.23. The van der Waals surface area contributed by atoms with Crippen molar-refractivity contribution in [1.82, 2.24) is 0 Å². The zero-order chi connectivity index (χ0) is 18.4. The molecule has 132 valence electrons. The van der Waals surface area contributed by atoms with E-state index in [1.165, 1.54) is 0 Å². The lowest BCUT2D eigenvalue weighted by Crippen LogP contribution is -2.27. The number of halogens is 1. The minimum atomic E-state index is -0.562. The SMILES string of the molecule is CC(C)(C)OC(=O)Nc1cccc(COc2cc(Cl)cc(C=O)c2)c1. The number of ether oxygens (including phenoxy) is 2. The maximum absolute atomic E-state index is 11.8. The molecule has 0 radical (unpaired) electrons. The fourth-order valence-electron chi connectivity index (χ4n) is 2.06. The van der Waals surface area contributed by atoms with Gasteiger partial charge in [0.25, 0.3) is 0 Å². The number of benzene rings is 2. The maximum Gasteiger partial charge on any atom is 0.412 e. The van der Waals surface area contributed by atoms with E-state index in [9.17, 15) is 9.59 Å². The van der Waals surface area contributed by atoms with Gasteiger partial charge in [0.1, 0.15) is 24.2 Å². The van der Waals surface area contributed by atoms with Gasteiger partial charge in [0.2, 0.25) is 0 Å². The molecule has 0 aliphatic carbocycles.